The fourth-order valence-electron chi connectivity index (χ4n) is 1.99. The topological polar surface area (TPSA) is 37.9 Å². The van der Waals surface area contributed by atoms with Gasteiger partial charge in [-0.25, -0.2) is 4.98 Å². The molecule has 1 aliphatic carbocycles. The van der Waals surface area contributed by atoms with E-state index in [1.54, 1.807) is 6.33 Å². The number of thioether (sulfide) groups is 1. The number of imidazole rings is 1. The number of hydrogen-bond donors (Lipinski definition) is 1. The minimum absolute atomic E-state index is 0.142. The highest BCUT2D eigenvalue weighted by atomic mass is 32.2. The molecule has 18 heavy (non-hydrogen) atoms. The lowest BCUT2D eigenvalue weighted by Gasteiger charge is -2.28. The number of allylic oxidation sites excluding steroid dienone is 3. The molecule has 98 valence electrons. The molecule has 1 aromatic rings. The summed E-state index contributed by atoms with van der Waals surface area (Å²) in [4.78, 5) is 7.11. The number of ether oxygens (including phenoxy) is 1. The zero-order chi connectivity index (χ0) is 12.7. The van der Waals surface area contributed by atoms with Crippen LogP contribution in [0.3, 0.4) is 0 Å². The number of aryl methyl sites for hydroxylation is 1. The first-order valence-electron chi connectivity index (χ1n) is 6.29. The standard InChI is InChI=1S/C14H20N2OS/c1-18-14(7-3-2-4-8-14)11-17-9-5-6-13-10-15-12-16-13/h2-4,7,10,12H,5-6,8-9,11H2,1H3,(H,15,16). The molecular formula is C14H20N2OS. The Bertz CT molecular complexity index is 400. The lowest BCUT2D eigenvalue weighted by atomic mass is 10.0. The van der Waals surface area contributed by atoms with E-state index in [0.717, 1.165) is 32.5 Å². The van der Waals surface area contributed by atoms with E-state index in [1.165, 1.54) is 5.69 Å². The van der Waals surface area contributed by atoms with Gasteiger partial charge < -0.3 is 9.72 Å². The predicted molar refractivity (Wildman–Crippen MR) is 76.9 cm³/mol. The van der Waals surface area contributed by atoms with E-state index < -0.39 is 0 Å². The van der Waals surface area contributed by atoms with Gasteiger partial charge in [-0.05, 0) is 25.5 Å². The molecule has 0 fully saturated rings. The number of nitrogens with one attached hydrogen (secondary N) is 1. The second-order valence-electron chi connectivity index (χ2n) is 4.49. The number of aromatic nitrogens is 2. The molecule has 0 amide bonds. The van der Waals surface area contributed by atoms with Gasteiger partial charge in [-0.2, -0.15) is 11.8 Å². The summed E-state index contributed by atoms with van der Waals surface area (Å²) in [6.07, 6.45) is 17.5. The van der Waals surface area contributed by atoms with E-state index in [4.69, 9.17) is 4.74 Å². The number of H-pyrrole nitrogens is 1. The van der Waals surface area contributed by atoms with Crippen LogP contribution in [0.1, 0.15) is 18.5 Å². The van der Waals surface area contributed by atoms with Crippen LogP contribution in [-0.4, -0.2) is 34.2 Å². The Labute approximate surface area is 113 Å². The zero-order valence-electron chi connectivity index (χ0n) is 10.8. The van der Waals surface area contributed by atoms with Crippen molar-refractivity contribution in [3.63, 3.8) is 0 Å². The van der Waals surface area contributed by atoms with Crippen molar-refractivity contribution >= 4 is 11.8 Å². The maximum atomic E-state index is 5.83. The molecule has 0 aromatic carbocycles. The maximum absolute atomic E-state index is 5.83. The van der Waals surface area contributed by atoms with Crippen LogP contribution in [-0.2, 0) is 11.2 Å². The molecule has 1 N–H and O–H groups in total. The maximum Gasteiger partial charge on any atom is 0.0921 e. The Morgan fingerprint density at radius 1 is 1.50 bits per heavy atom. The van der Waals surface area contributed by atoms with Crippen LogP contribution in [0.5, 0.6) is 0 Å². The van der Waals surface area contributed by atoms with Crippen LogP contribution in [0.2, 0.25) is 0 Å². The molecule has 0 bridgehead atoms. The van der Waals surface area contributed by atoms with Gasteiger partial charge in [0.2, 0.25) is 0 Å². The summed E-state index contributed by atoms with van der Waals surface area (Å²) >= 11 is 1.87. The van der Waals surface area contributed by atoms with Gasteiger partial charge in [-0.3, -0.25) is 0 Å². The van der Waals surface area contributed by atoms with Gasteiger partial charge in [-0.1, -0.05) is 24.3 Å². The Kier molecular flexibility index (Phi) is 5.08. The van der Waals surface area contributed by atoms with Crippen molar-refractivity contribution in [2.45, 2.75) is 24.0 Å². The summed E-state index contributed by atoms with van der Waals surface area (Å²) in [5, 5.41) is 0. The summed E-state index contributed by atoms with van der Waals surface area (Å²) in [7, 11) is 0. The second-order valence-corrected chi connectivity index (χ2v) is 5.71. The third-order valence-electron chi connectivity index (χ3n) is 3.15. The van der Waals surface area contributed by atoms with Crippen LogP contribution in [0.15, 0.2) is 36.8 Å². The molecule has 2 rings (SSSR count). The van der Waals surface area contributed by atoms with Crippen LogP contribution in [0.4, 0.5) is 0 Å². The van der Waals surface area contributed by atoms with E-state index in [-0.39, 0.29) is 4.75 Å². The molecule has 1 atom stereocenters. The molecule has 1 aromatic heterocycles. The first-order chi connectivity index (χ1) is 8.85. The van der Waals surface area contributed by atoms with Gasteiger partial charge >= 0.3 is 0 Å². The third kappa shape index (κ3) is 3.75. The van der Waals surface area contributed by atoms with Crippen molar-refractivity contribution in [1.29, 1.82) is 0 Å². The minimum Gasteiger partial charge on any atom is -0.380 e. The van der Waals surface area contributed by atoms with E-state index in [9.17, 15) is 0 Å². The van der Waals surface area contributed by atoms with Gasteiger partial charge in [0.05, 0.1) is 17.7 Å². The number of rotatable bonds is 7. The molecule has 0 saturated heterocycles. The van der Waals surface area contributed by atoms with Crippen molar-refractivity contribution in [2.75, 3.05) is 19.5 Å². The monoisotopic (exact) mass is 264 g/mol. The Morgan fingerprint density at radius 3 is 3.11 bits per heavy atom. The molecule has 1 aliphatic rings. The van der Waals surface area contributed by atoms with Gasteiger partial charge in [0.1, 0.15) is 0 Å². The van der Waals surface area contributed by atoms with Crippen molar-refractivity contribution in [3.05, 3.63) is 42.5 Å². The third-order valence-corrected chi connectivity index (χ3v) is 4.39. The Hall–Kier alpha value is -1.00. The lowest BCUT2D eigenvalue weighted by Crippen LogP contribution is -2.29. The molecule has 1 heterocycles. The minimum atomic E-state index is 0.142. The van der Waals surface area contributed by atoms with Crippen molar-refractivity contribution < 1.29 is 4.74 Å². The lowest BCUT2D eigenvalue weighted by molar-refractivity contribution is 0.120. The highest BCUT2D eigenvalue weighted by Crippen LogP contribution is 2.31. The summed E-state index contributed by atoms with van der Waals surface area (Å²) in [6, 6.07) is 0. The number of nitrogens with zero attached hydrogens (tertiary/aromatic N) is 1. The van der Waals surface area contributed by atoms with E-state index in [2.05, 4.69) is 40.5 Å². The highest BCUT2D eigenvalue weighted by molar-refractivity contribution is 8.00. The summed E-state index contributed by atoms with van der Waals surface area (Å²) < 4.78 is 5.97. The van der Waals surface area contributed by atoms with Crippen molar-refractivity contribution in [1.82, 2.24) is 9.97 Å². The van der Waals surface area contributed by atoms with Gasteiger partial charge in [0, 0.05) is 18.5 Å². The van der Waals surface area contributed by atoms with Crippen LogP contribution in [0, 0.1) is 0 Å². The van der Waals surface area contributed by atoms with Crippen LogP contribution >= 0.6 is 11.8 Å². The van der Waals surface area contributed by atoms with Crippen molar-refractivity contribution in [2.24, 2.45) is 0 Å². The van der Waals surface area contributed by atoms with E-state index in [0.29, 0.717) is 0 Å². The SMILES string of the molecule is CSC1(COCCCc2cnc[nH]2)C=CC=CC1. The predicted octanol–water partition coefficient (Wildman–Crippen LogP) is 2.98. The number of hydrogen-bond acceptors (Lipinski definition) is 3. The van der Waals surface area contributed by atoms with Gasteiger partial charge in [0.15, 0.2) is 0 Å². The van der Waals surface area contributed by atoms with Crippen LogP contribution in [0.25, 0.3) is 0 Å². The molecule has 0 spiro atoms. The fraction of sp³-hybridized carbons (Fsp3) is 0.500. The first-order valence-corrected chi connectivity index (χ1v) is 7.52. The average Bonchev–Trinajstić information content (AvgIpc) is 2.93. The number of aromatic amines is 1. The average molecular weight is 264 g/mol. The molecule has 4 heteroatoms. The summed E-state index contributed by atoms with van der Waals surface area (Å²) in [5.41, 5.74) is 1.18. The van der Waals surface area contributed by atoms with E-state index in [1.807, 2.05) is 18.0 Å². The summed E-state index contributed by atoms with van der Waals surface area (Å²) in [6.45, 7) is 1.59. The van der Waals surface area contributed by atoms with Crippen LogP contribution < -0.4 is 0 Å². The Morgan fingerprint density at radius 2 is 2.44 bits per heavy atom. The summed E-state index contributed by atoms with van der Waals surface area (Å²) in [5.74, 6) is 0. The molecule has 3 nitrogen and oxygen atoms in total. The molecular weight excluding hydrogens is 244 g/mol. The molecule has 0 aliphatic heterocycles. The molecule has 1 unspecified atom stereocenters. The fourth-order valence-corrected chi connectivity index (χ4v) is 2.67. The highest BCUT2D eigenvalue weighted by Gasteiger charge is 2.25. The van der Waals surface area contributed by atoms with Gasteiger partial charge in [0.25, 0.3) is 0 Å². The molecule has 0 saturated carbocycles. The first kappa shape index (κ1) is 13.4. The normalized spacial score (nSPS) is 22.5. The largest absolute Gasteiger partial charge is 0.380 e. The van der Waals surface area contributed by atoms with Gasteiger partial charge in [-0.15, -0.1) is 0 Å². The second kappa shape index (κ2) is 6.81. The smallest absolute Gasteiger partial charge is 0.0921 e. The molecule has 0 radical (unpaired) electrons. The van der Waals surface area contributed by atoms with E-state index >= 15 is 0 Å². The quantitative estimate of drug-likeness (QED) is 0.769. The van der Waals surface area contributed by atoms with Crippen molar-refractivity contribution in [3.8, 4) is 0 Å². The zero-order valence-corrected chi connectivity index (χ0v) is 11.6. The Balaban J connectivity index is 1.65.